The fourth-order valence-corrected chi connectivity index (χ4v) is 3.45. The molecule has 8 nitrogen and oxygen atoms in total. The average molecular weight is 482 g/mol. The Morgan fingerprint density at radius 1 is 0.657 bits per heavy atom. The van der Waals surface area contributed by atoms with E-state index in [9.17, 15) is 0 Å². The highest BCUT2D eigenvalue weighted by molar-refractivity contribution is 6.33. The number of nitrogens with one attached hydrogen (secondary N) is 3. The van der Waals surface area contributed by atoms with E-state index < -0.39 is 0 Å². The van der Waals surface area contributed by atoms with Crippen molar-refractivity contribution >= 4 is 47.0 Å². The Morgan fingerprint density at radius 2 is 1.23 bits per heavy atom. The molecule has 0 aliphatic rings. The number of nitrogens with zero attached hydrogens (tertiary/aromatic N) is 4. The van der Waals surface area contributed by atoms with Gasteiger partial charge in [0.15, 0.2) is 0 Å². The van der Waals surface area contributed by atoms with E-state index in [1.165, 1.54) is 0 Å². The zero-order valence-electron chi connectivity index (χ0n) is 18.4. The maximum absolute atomic E-state index is 6.26. The topological polar surface area (TPSA) is 100 Å². The van der Waals surface area contributed by atoms with Crippen LogP contribution in [-0.2, 0) is 0 Å². The molecule has 172 valence electrons. The van der Waals surface area contributed by atoms with Gasteiger partial charge in [-0.15, -0.1) is 0 Å². The number of para-hydroxylation sites is 2. The number of hydrazone groups is 1. The fourth-order valence-electron chi connectivity index (χ4n) is 3.22. The smallest absolute Gasteiger partial charge is 0.250 e. The quantitative estimate of drug-likeness (QED) is 0.167. The number of halogens is 1. The van der Waals surface area contributed by atoms with Crippen molar-refractivity contribution in [2.24, 2.45) is 5.10 Å². The summed E-state index contributed by atoms with van der Waals surface area (Å²) < 4.78 is 5.84. The van der Waals surface area contributed by atoms with Gasteiger partial charge in [0, 0.05) is 16.9 Å². The molecule has 9 heteroatoms. The third-order valence-electron chi connectivity index (χ3n) is 4.82. The first-order valence-corrected chi connectivity index (χ1v) is 11.1. The maximum Gasteiger partial charge on any atom is 0.250 e. The molecule has 2 heterocycles. The Morgan fingerprint density at radius 3 is 1.86 bits per heavy atom. The highest BCUT2D eigenvalue weighted by Gasteiger charge is 2.09. The molecule has 3 aromatic carbocycles. The number of hydrogen-bond donors (Lipinski definition) is 3. The number of anilines is 5. The Labute approximate surface area is 206 Å². The molecule has 0 saturated carbocycles. The highest BCUT2D eigenvalue weighted by atomic mass is 35.5. The van der Waals surface area contributed by atoms with Crippen LogP contribution in [0.1, 0.15) is 5.76 Å². The largest absolute Gasteiger partial charge is 0.455 e. The van der Waals surface area contributed by atoms with Crippen LogP contribution in [0.5, 0.6) is 0 Å². The second-order valence-electron chi connectivity index (χ2n) is 7.34. The van der Waals surface area contributed by atoms with Crippen molar-refractivity contribution in [2.75, 3.05) is 16.1 Å². The Bertz CT molecular complexity index is 1380. The first-order chi connectivity index (χ1) is 17.2. The van der Waals surface area contributed by atoms with Gasteiger partial charge >= 0.3 is 0 Å². The molecule has 0 aliphatic carbocycles. The van der Waals surface area contributed by atoms with Crippen LogP contribution in [0.3, 0.4) is 0 Å². The first kappa shape index (κ1) is 22.1. The molecule has 5 aromatic rings. The normalized spacial score (nSPS) is 10.9. The molecule has 35 heavy (non-hydrogen) atoms. The predicted octanol–water partition coefficient (Wildman–Crippen LogP) is 6.72. The molecular formula is C26H20ClN7O. The maximum atomic E-state index is 6.26. The molecule has 0 spiro atoms. The second kappa shape index (κ2) is 10.5. The minimum atomic E-state index is 0.256. The zero-order chi connectivity index (χ0) is 23.9. The molecule has 0 unspecified atom stereocenters. The minimum absolute atomic E-state index is 0.256. The Balaban J connectivity index is 1.35. The van der Waals surface area contributed by atoms with Gasteiger partial charge in [-0.1, -0.05) is 60.1 Å². The molecule has 0 aliphatic heterocycles. The van der Waals surface area contributed by atoms with E-state index in [-0.39, 0.29) is 5.95 Å². The van der Waals surface area contributed by atoms with Crippen molar-refractivity contribution in [1.29, 1.82) is 0 Å². The van der Waals surface area contributed by atoms with Crippen LogP contribution in [0.2, 0.25) is 5.02 Å². The van der Waals surface area contributed by atoms with E-state index >= 15 is 0 Å². The molecule has 0 bridgehead atoms. The number of hydrogen-bond acceptors (Lipinski definition) is 8. The van der Waals surface area contributed by atoms with Gasteiger partial charge in [-0.25, -0.2) is 5.43 Å². The summed E-state index contributed by atoms with van der Waals surface area (Å²) in [6, 6.07) is 30.4. The standard InChI is InChI=1S/C26H20ClN7O/c27-22-14-8-7-13-21(22)23-16-15-20(35-23)17-28-34-26-32-24(29-18-9-3-1-4-10-18)31-25(33-26)30-19-11-5-2-6-12-19/h1-17H,(H3,29,30,31,32,33,34)/b28-17-. The van der Waals surface area contributed by atoms with Crippen LogP contribution in [-0.4, -0.2) is 21.2 Å². The highest BCUT2D eigenvalue weighted by Crippen LogP contribution is 2.28. The number of furan rings is 1. The predicted molar refractivity (Wildman–Crippen MR) is 140 cm³/mol. The summed E-state index contributed by atoms with van der Waals surface area (Å²) >= 11 is 6.26. The van der Waals surface area contributed by atoms with Crippen LogP contribution in [0.25, 0.3) is 11.3 Å². The van der Waals surface area contributed by atoms with Crippen molar-refractivity contribution in [1.82, 2.24) is 15.0 Å². The van der Waals surface area contributed by atoms with Gasteiger partial charge in [0.05, 0.1) is 11.2 Å². The van der Waals surface area contributed by atoms with E-state index in [0.29, 0.717) is 28.4 Å². The van der Waals surface area contributed by atoms with Gasteiger partial charge in [0.2, 0.25) is 17.8 Å². The molecular weight excluding hydrogens is 462 g/mol. The van der Waals surface area contributed by atoms with Crippen molar-refractivity contribution in [3.8, 4) is 11.3 Å². The first-order valence-electron chi connectivity index (χ1n) is 10.8. The molecule has 0 saturated heterocycles. The summed E-state index contributed by atoms with van der Waals surface area (Å²) in [6.07, 6.45) is 1.54. The monoisotopic (exact) mass is 481 g/mol. The van der Waals surface area contributed by atoms with E-state index in [0.717, 1.165) is 16.9 Å². The molecule has 2 aromatic heterocycles. The summed E-state index contributed by atoms with van der Waals surface area (Å²) in [5.41, 5.74) is 5.36. The van der Waals surface area contributed by atoms with Gasteiger partial charge < -0.3 is 15.1 Å². The van der Waals surface area contributed by atoms with Crippen LogP contribution in [0.15, 0.2) is 107 Å². The molecule has 3 N–H and O–H groups in total. The van der Waals surface area contributed by atoms with Crippen molar-refractivity contribution in [3.63, 3.8) is 0 Å². The average Bonchev–Trinajstić information content (AvgIpc) is 3.34. The van der Waals surface area contributed by atoms with Gasteiger partial charge in [-0.3, -0.25) is 0 Å². The molecule has 0 amide bonds. The summed E-state index contributed by atoms with van der Waals surface area (Å²) in [5.74, 6) is 2.18. The lowest BCUT2D eigenvalue weighted by atomic mass is 10.2. The third-order valence-corrected chi connectivity index (χ3v) is 5.15. The fraction of sp³-hybridized carbons (Fsp3) is 0. The molecule has 0 fully saturated rings. The van der Waals surface area contributed by atoms with E-state index in [2.05, 4.69) is 36.1 Å². The van der Waals surface area contributed by atoms with Crippen molar-refractivity contribution in [3.05, 3.63) is 108 Å². The summed E-state index contributed by atoms with van der Waals surface area (Å²) in [5, 5.41) is 11.2. The lowest BCUT2D eigenvalue weighted by Crippen LogP contribution is -2.07. The minimum Gasteiger partial charge on any atom is -0.455 e. The number of rotatable bonds is 8. The Hall–Kier alpha value is -4.69. The lowest BCUT2D eigenvalue weighted by molar-refractivity contribution is 0.575. The van der Waals surface area contributed by atoms with Crippen molar-refractivity contribution < 1.29 is 4.42 Å². The summed E-state index contributed by atoms with van der Waals surface area (Å²) in [4.78, 5) is 13.3. The molecule has 0 atom stereocenters. The van der Waals surface area contributed by atoms with Gasteiger partial charge in [0.1, 0.15) is 11.5 Å². The van der Waals surface area contributed by atoms with Crippen molar-refractivity contribution in [2.45, 2.75) is 0 Å². The van der Waals surface area contributed by atoms with Gasteiger partial charge in [-0.05, 0) is 48.5 Å². The van der Waals surface area contributed by atoms with Crippen LogP contribution in [0.4, 0.5) is 29.2 Å². The lowest BCUT2D eigenvalue weighted by Gasteiger charge is -2.10. The third kappa shape index (κ3) is 5.82. The van der Waals surface area contributed by atoms with E-state index in [1.807, 2.05) is 97.1 Å². The number of benzene rings is 3. The van der Waals surface area contributed by atoms with Gasteiger partial charge in [-0.2, -0.15) is 20.1 Å². The van der Waals surface area contributed by atoms with E-state index in [1.54, 1.807) is 6.21 Å². The molecule has 0 radical (unpaired) electrons. The summed E-state index contributed by atoms with van der Waals surface area (Å²) in [7, 11) is 0. The van der Waals surface area contributed by atoms with Crippen LogP contribution >= 0.6 is 11.6 Å². The summed E-state index contributed by atoms with van der Waals surface area (Å²) in [6.45, 7) is 0. The van der Waals surface area contributed by atoms with Gasteiger partial charge in [0.25, 0.3) is 0 Å². The SMILES string of the molecule is Clc1ccccc1-c1ccc(/C=N\Nc2nc(Nc3ccccc3)nc(Nc3ccccc3)n2)o1. The molecule has 5 rings (SSSR count). The second-order valence-corrected chi connectivity index (χ2v) is 7.75. The van der Waals surface area contributed by atoms with E-state index in [4.69, 9.17) is 16.0 Å². The Kier molecular flexibility index (Phi) is 6.63. The van der Waals surface area contributed by atoms with Crippen LogP contribution < -0.4 is 16.1 Å². The number of aromatic nitrogens is 3. The van der Waals surface area contributed by atoms with Crippen LogP contribution in [0, 0.1) is 0 Å². The zero-order valence-corrected chi connectivity index (χ0v) is 19.1.